The molecule has 0 bridgehead atoms. The molecule has 10 heavy (non-hydrogen) atoms. The summed E-state index contributed by atoms with van der Waals surface area (Å²) >= 11 is 0. The standard InChI is InChI=1S/C6H12N2O2/c1-2-5(3-4-7)6(9)8-10/h5H,2-4,7H2,1H3. The lowest BCUT2D eigenvalue weighted by Crippen LogP contribution is -2.15. The highest BCUT2D eigenvalue weighted by molar-refractivity contribution is 5.79. The Morgan fingerprint density at radius 1 is 1.70 bits per heavy atom. The number of nitrogens with two attached hydrogens (primary N) is 1. The molecule has 0 aromatic heterocycles. The average molecular weight is 144 g/mol. The van der Waals surface area contributed by atoms with Crippen molar-refractivity contribution in [1.29, 1.82) is 0 Å². The van der Waals surface area contributed by atoms with Gasteiger partial charge in [0, 0.05) is 11.1 Å². The zero-order valence-corrected chi connectivity index (χ0v) is 6.04. The van der Waals surface area contributed by atoms with Crippen LogP contribution in [0.5, 0.6) is 0 Å². The minimum absolute atomic E-state index is 0.262. The molecule has 0 radical (unpaired) electrons. The van der Waals surface area contributed by atoms with Crippen molar-refractivity contribution in [2.75, 3.05) is 6.54 Å². The first-order valence-corrected chi connectivity index (χ1v) is 3.33. The summed E-state index contributed by atoms with van der Waals surface area (Å²) < 4.78 is 0. The Hall–Kier alpha value is -0.770. The van der Waals surface area contributed by atoms with E-state index in [1.807, 2.05) is 6.92 Å². The normalized spacial score (nSPS) is 12.6. The van der Waals surface area contributed by atoms with Crippen molar-refractivity contribution >= 4 is 5.91 Å². The van der Waals surface area contributed by atoms with Gasteiger partial charge in [0.25, 0.3) is 5.91 Å². The number of nitrogens with zero attached hydrogens (tertiary/aromatic N) is 1. The molecule has 2 N–H and O–H groups in total. The third-order valence-corrected chi connectivity index (χ3v) is 1.45. The van der Waals surface area contributed by atoms with Gasteiger partial charge >= 0.3 is 0 Å². The summed E-state index contributed by atoms with van der Waals surface area (Å²) in [4.78, 5) is 20.3. The number of carbonyl (C=O) groups is 1. The Morgan fingerprint density at radius 2 is 2.30 bits per heavy atom. The van der Waals surface area contributed by atoms with E-state index in [9.17, 15) is 9.70 Å². The third-order valence-electron chi connectivity index (χ3n) is 1.45. The van der Waals surface area contributed by atoms with Gasteiger partial charge in [0.2, 0.25) is 0 Å². The Kier molecular flexibility index (Phi) is 4.66. The van der Waals surface area contributed by atoms with Crippen molar-refractivity contribution in [2.45, 2.75) is 19.8 Å². The van der Waals surface area contributed by atoms with E-state index in [2.05, 4.69) is 5.18 Å². The largest absolute Gasteiger partial charge is 0.330 e. The number of nitroso groups, excluding NO2 is 1. The fraction of sp³-hybridized carbons (Fsp3) is 0.833. The molecule has 0 aliphatic heterocycles. The van der Waals surface area contributed by atoms with Gasteiger partial charge in [-0.1, -0.05) is 6.92 Å². The zero-order valence-electron chi connectivity index (χ0n) is 6.04. The number of hydrogen-bond donors (Lipinski definition) is 1. The maximum Gasteiger partial charge on any atom is 0.289 e. The van der Waals surface area contributed by atoms with Crippen LogP contribution in [0.25, 0.3) is 0 Å². The van der Waals surface area contributed by atoms with Gasteiger partial charge in [0.15, 0.2) is 0 Å². The van der Waals surface area contributed by atoms with Crippen molar-refractivity contribution in [3.05, 3.63) is 4.91 Å². The van der Waals surface area contributed by atoms with E-state index in [1.54, 1.807) is 0 Å². The monoisotopic (exact) mass is 144 g/mol. The Balaban J connectivity index is 3.79. The molecule has 1 atom stereocenters. The van der Waals surface area contributed by atoms with Crippen LogP contribution in [0.4, 0.5) is 0 Å². The van der Waals surface area contributed by atoms with E-state index in [-0.39, 0.29) is 5.92 Å². The smallest absolute Gasteiger partial charge is 0.289 e. The van der Waals surface area contributed by atoms with Crippen molar-refractivity contribution < 1.29 is 4.79 Å². The molecule has 0 aliphatic rings. The van der Waals surface area contributed by atoms with Crippen molar-refractivity contribution in [1.82, 2.24) is 0 Å². The topological polar surface area (TPSA) is 72.5 Å². The van der Waals surface area contributed by atoms with Crippen molar-refractivity contribution in [3.8, 4) is 0 Å². The minimum atomic E-state index is -0.576. The van der Waals surface area contributed by atoms with E-state index in [0.29, 0.717) is 19.4 Å². The molecule has 0 spiro atoms. The van der Waals surface area contributed by atoms with Crippen LogP contribution in [0.3, 0.4) is 0 Å². The summed E-state index contributed by atoms with van der Waals surface area (Å²) in [5, 5.41) is 2.33. The lowest BCUT2D eigenvalue weighted by molar-refractivity contribution is -0.121. The Labute approximate surface area is 59.8 Å². The molecule has 1 amide bonds. The highest BCUT2D eigenvalue weighted by Crippen LogP contribution is 2.08. The maximum atomic E-state index is 10.6. The summed E-state index contributed by atoms with van der Waals surface area (Å²) in [6.07, 6.45) is 1.20. The summed E-state index contributed by atoms with van der Waals surface area (Å²) in [5.41, 5.74) is 5.20. The van der Waals surface area contributed by atoms with Crippen LogP contribution < -0.4 is 5.73 Å². The second-order valence-corrected chi connectivity index (χ2v) is 2.11. The number of rotatable bonds is 4. The van der Waals surface area contributed by atoms with Crippen LogP contribution in [0.15, 0.2) is 5.18 Å². The molecule has 0 aliphatic carbocycles. The molecule has 0 saturated carbocycles. The first kappa shape index (κ1) is 9.23. The molecule has 0 heterocycles. The van der Waals surface area contributed by atoms with Crippen LogP contribution in [0, 0.1) is 10.8 Å². The molecule has 0 fully saturated rings. The molecule has 0 saturated heterocycles. The molecule has 4 nitrogen and oxygen atoms in total. The molecular weight excluding hydrogens is 132 g/mol. The quantitative estimate of drug-likeness (QED) is 0.589. The highest BCUT2D eigenvalue weighted by Gasteiger charge is 2.14. The molecular formula is C6H12N2O2. The van der Waals surface area contributed by atoms with Crippen LogP contribution in [0.1, 0.15) is 19.8 Å². The van der Waals surface area contributed by atoms with Gasteiger partial charge in [-0.25, -0.2) is 0 Å². The minimum Gasteiger partial charge on any atom is -0.330 e. The summed E-state index contributed by atoms with van der Waals surface area (Å²) in [5.74, 6) is -0.838. The molecule has 0 aromatic carbocycles. The molecule has 0 rings (SSSR count). The van der Waals surface area contributed by atoms with Crippen molar-refractivity contribution in [2.24, 2.45) is 16.8 Å². The average Bonchev–Trinajstić information content (AvgIpc) is 1.99. The summed E-state index contributed by atoms with van der Waals surface area (Å²) in [6.45, 7) is 2.27. The first-order chi connectivity index (χ1) is 4.76. The molecule has 1 unspecified atom stereocenters. The first-order valence-electron chi connectivity index (χ1n) is 3.33. The van der Waals surface area contributed by atoms with Gasteiger partial charge in [-0.15, -0.1) is 4.91 Å². The maximum absolute atomic E-state index is 10.6. The van der Waals surface area contributed by atoms with Gasteiger partial charge in [-0.05, 0) is 19.4 Å². The lowest BCUT2D eigenvalue weighted by Gasteiger charge is -2.04. The zero-order chi connectivity index (χ0) is 7.98. The van der Waals surface area contributed by atoms with Gasteiger partial charge in [-0.3, -0.25) is 4.79 Å². The predicted molar refractivity (Wildman–Crippen MR) is 38.3 cm³/mol. The van der Waals surface area contributed by atoms with Crippen molar-refractivity contribution in [3.63, 3.8) is 0 Å². The van der Waals surface area contributed by atoms with E-state index >= 15 is 0 Å². The molecule has 0 aromatic rings. The fourth-order valence-corrected chi connectivity index (χ4v) is 0.778. The number of hydrogen-bond acceptors (Lipinski definition) is 3. The lowest BCUT2D eigenvalue weighted by atomic mass is 10.0. The van der Waals surface area contributed by atoms with Gasteiger partial charge < -0.3 is 5.73 Å². The second-order valence-electron chi connectivity index (χ2n) is 2.11. The summed E-state index contributed by atoms with van der Waals surface area (Å²) in [7, 11) is 0. The van der Waals surface area contributed by atoms with Crippen LogP contribution in [-0.4, -0.2) is 12.5 Å². The SMILES string of the molecule is CCC(CCN)C(=O)N=O. The van der Waals surface area contributed by atoms with Crippen LogP contribution in [-0.2, 0) is 4.79 Å². The second kappa shape index (κ2) is 5.05. The number of amides is 1. The van der Waals surface area contributed by atoms with Gasteiger partial charge in [0.1, 0.15) is 0 Å². The van der Waals surface area contributed by atoms with E-state index in [4.69, 9.17) is 5.73 Å². The van der Waals surface area contributed by atoms with Gasteiger partial charge in [-0.2, -0.15) is 0 Å². The Bertz CT molecular complexity index is 125. The molecule has 4 heteroatoms. The fourth-order valence-electron chi connectivity index (χ4n) is 0.778. The molecule has 58 valence electrons. The van der Waals surface area contributed by atoms with E-state index < -0.39 is 5.91 Å². The Morgan fingerprint density at radius 3 is 2.60 bits per heavy atom. The predicted octanol–water partition coefficient (Wildman–Crippen LogP) is 0.654. The van der Waals surface area contributed by atoms with E-state index in [0.717, 1.165) is 0 Å². The van der Waals surface area contributed by atoms with E-state index in [1.165, 1.54) is 0 Å². The number of carbonyl (C=O) groups excluding carboxylic acids is 1. The summed E-state index contributed by atoms with van der Waals surface area (Å²) in [6, 6.07) is 0. The van der Waals surface area contributed by atoms with Crippen LogP contribution in [0.2, 0.25) is 0 Å². The van der Waals surface area contributed by atoms with Crippen LogP contribution >= 0.6 is 0 Å². The third kappa shape index (κ3) is 2.68. The highest BCUT2D eigenvalue weighted by atomic mass is 16.3. The van der Waals surface area contributed by atoms with Gasteiger partial charge in [0.05, 0.1) is 0 Å².